The highest BCUT2D eigenvalue weighted by molar-refractivity contribution is 5.89. The molecular weight excluding hydrogens is 190 g/mol. The third-order valence-corrected chi connectivity index (χ3v) is 2.71. The maximum absolute atomic E-state index is 11.6. The number of esters is 1. The molecule has 0 saturated heterocycles. The molecule has 3 heteroatoms. The first-order chi connectivity index (χ1) is 7.25. The largest absolute Gasteiger partial charge is 0.459 e. The van der Waals surface area contributed by atoms with E-state index in [-0.39, 0.29) is 18.1 Å². The molecule has 0 amide bonds. The number of carbonyl (C=O) groups is 1. The van der Waals surface area contributed by atoms with Gasteiger partial charge in [0, 0.05) is 6.04 Å². The second kappa shape index (κ2) is 4.45. The van der Waals surface area contributed by atoms with Gasteiger partial charge in [0.2, 0.25) is 0 Å². The molecule has 0 spiro atoms. The van der Waals surface area contributed by atoms with E-state index in [4.69, 9.17) is 10.5 Å². The molecule has 1 aliphatic carbocycles. The third kappa shape index (κ3) is 2.57. The fraction of sp³-hybridized carbons (Fsp3) is 0.417. The normalized spacial score (nSPS) is 25.1. The van der Waals surface area contributed by atoms with E-state index < -0.39 is 0 Å². The Labute approximate surface area is 89.2 Å². The molecule has 1 fully saturated rings. The van der Waals surface area contributed by atoms with Crippen LogP contribution in [0.1, 0.15) is 29.6 Å². The summed E-state index contributed by atoms with van der Waals surface area (Å²) in [4.78, 5) is 11.6. The van der Waals surface area contributed by atoms with Gasteiger partial charge in [0.25, 0.3) is 0 Å². The molecule has 3 nitrogen and oxygen atoms in total. The molecule has 0 radical (unpaired) electrons. The van der Waals surface area contributed by atoms with Gasteiger partial charge in [-0.15, -0.1) is 0 Å². The van der Waals surface area contributed by atoms with Crippen molar-refractivity contribution in [1.29, 1.82) is 0 Å². The van der Waals surface area contributed by atoms with Crippen LogP contribution >= 0.6 is 0 Å². The van der Waals surface area contributed by atoms with E-state index in [0.717, 1.165) is 19.3 Å². The zero-order valence-corrected chi connectivity index (χ0v) is 8.56. The van der Waals surface area contributed by atoms with Gasteiger partial charge in [0.15, 0.2) is 0 Å². The minimum atomic E-state index is -0.241. The van der Waals surface area contributed by atoms with Crippen molar-refractivity contribution in [2.45, 2.75) is 31.4 Å². The summed E-state index contributed by atoms with van der Waals surface area (Å²) in [5.41, 5.74) is 6.36. The maximum Gasteiger partial charge on any atom is 0.338 e. The maximum atomic E-state index is 11.6. The molecule has 1 aliphatic rings. The van der Waals surface area contributed by atoms with E-state index >= 15 is 0 Å². The van der Waals surface area contributed by atoms with Crippen LogP contribution in [0.2, 0.25) is 0 Å². The minimum Gasteiger partial charge on any atom is -0.459 e. The predicted molar refractivity (Wildman–Crippen MR) is 57.5 cm³/mol. The third-order valence-electron chi connectivity index (χ3n) is 2.71. The number of benzene rings is 1. The van der Waals surface area contributed by atoms with Crippen molar-refractivity contribution in [2.75, 3.05) is 0 Å². The molecule has 80 valence electrons. The Balaban J connectivity index is 1.93. The Hall–Kier alpha value is -1.35. The summed E-state index contributed by atoms with van der Waals surface area (Å²) in [7, 11) is 0. The summed E-state index contributed by atoms with van der Waals surface area (Å²) in [6.07, 6.45) is 2.64. The number of rotatable bonds is 2. The van der Waals surface area contributed by atoms with E-state index in [1.807, 2.05) is 18.2 Å². The molecule has 0 aromatic heterocycles. The van der Waals surface area contributed by atoms with Gasteiger partial charge in [0.1, 0.15) is 6.10 Å². The van der Waals surface area contributed by atoms with Gasteiger partial charge in [-0.25, -0.2) is 4.79 Å². The van der Waals surface area contributed by atoms with Gasteiger partial charge in [-0.1, -0.05) is 18.2 Å². The number of hydrogen-bond donors (Lipinski definition) is 1. The molecule has 1 aromatic carbocycles. The van der Waals surface area contributed by atoms with E-state index in [2.05, 4.69) is 0 Å². The molecule has 1 aromatic rings. The van der Waals surface area contributed by atoms with Gasteiger partial charge in [0.05, 0.1) is 5.56 Å². The molecule has 2 unspecified atom stereocenters. The van der Waals surface area contributed by atoms with Crippen molar-refractivity contribution in [3.05, 3.63) is 35.9 Å². The summed E-state index contributed by atoms with van der Waals surface area (Å²) in [5.74, 6) is -0.241. The standard InChI is InChI=1S/C12H15NO2/c13-10-6-7-11(8-10)15-12(14)9-4-2-1-3-5-9/h1-5,10-11H,6-8,13H2. The van der Waals surface area contributed by atoms with Crippen molar-refractivity contribution in [1.82, 2.24) is 0 Å². The summed E-state index contributed by atoms with van der Waals surface area (Å²) >= 11 is 0. The highest BCUT2D eigenvalue weighted by atomic mass is 16.5. The highest BCUT2D eigenvalue weighted by Gasteiger charge is 2.25. The smallest absolute Gasteiger partial charge is 0.338 e. The zero-order chi connectivity index (χ0) is 10.7. The topological polar surface area (TPSA) is 52.3 Å². The SMILES string of the molecule is NC1CCC(OC(=O)c2ccccc2)C1. The Morgan fingerprint density at radius 3 is 2.60 bits per heavy atom. The monoisotopic (exact) mass is 205 g/mol. The van der Waals surface area contributed by atoms with Gasteiger partial charge >= 0.3 is 5.97 Å². The summed E-state index contributed by atoms with van der Waals surface area (Å²) in [6.45, 7) is 0. The lowest BCUT2D eigenvalue weighted by Gasteiger charge is -2.11. The summed E-state index contributed by atoms with van der Waals surface area (Å²) in [6, 6.07) is 9.25. The van der Waals surface area contributed by atoms with Gasteiger partial charge in [-0.3, -0.25) is 0 Å². The van der Waals surface area contributed by atoms with E-state index in [9.17, 15) is 4.79 Å². The van der Waals surface area contributed by atoms with E-state index in [1.165, 1.54) is 0 Å². The lowest BCUT2D eigenvalue weighted by atomic mass is 10.2. The van der Waals surface area contributed by atoms with Crippen molar-refractivity contribution in [2.24, 2.45) is 5.73 Å². The lowest BCUT2D eigenvalue weighted by molar-refractivity contribution is 0.0315. The molecule has 0 aliphatic heterocycles. The first kappa shape index (κ1) is 10.2. The second-order valence-corrected chi connectivity index (χ2v) is 3.97. The minimum absolute atomic E-state index is 0.00714. The van der Waals surface area contributed by atoms with Crippen LogP contribution in [0, 0.1) is 0 Å². The van der Waals surface area contributed by atoms with Crippen LogP contribution in [-0.2, 0) is 4.74 Å². The quantitative estimate of drug-likeness (QED) is 0.748. The van der Waals surface area contributed by atoms with Crippen LogP contribution in [0.15, 0.2) is 30.3 Å². The van der Waals surface area contributed by atoms with Crippen LogP contribution in [0.3, 0.4) is 0 Å². The Kier molecular flexibility index (Phi) is 3.02. The first-order valence-electron chi connectivity index (χ1n) is 5.27. The molecule has 2 N–H and O–H groups in total. The molecular formula is C12H15NO2. The van der Waals surface area contributed by atoms with Crippen LogP contribution < -0.4 is 5.73 Å². The molecule has 0 bridgehead atoms. The Morgan fingerprint density at radius 1 is 1.27 bits per heavy atom. The highest BCUT2D eigenvalue weighted by Crippen LogP contribution is 2.21. The average molecular weight is 205 g/mol. The second-order valence-electron chi connectivity index (χ2n) is 3.97. The van der Waals surface area contributed by atoms with Crippen LogP contribution in [0.5, 0.6) is 0 Å². The van der Waals surface area contributed by atoms with Crippen molar-refractivity contribution in [3.63, 3.8) is 0 Å². The van der Waals surface area contributed by atoms with Crippen LogP contribution in [0.25, 0.3) is 0 Å². The Bertz CT molecular complexity index is 337. The van der Waals surface area contributed by atoms with Gasteiger partial charge in [-0.2, -0.15) is 0 Å². The summed E-state index contributed by atoms with van der Waals surface area (Å²) < 4.78 is 5.35. The zero-order valence-electron chi connectivity index (χ0n) is 8.56. The number of nitrogens with two attached hydrogens (primary N) is 1. The van der Waals surface area contributed by atoms with E-state index in [1.54, 1.807) is 12.1 Å². The van der Waals surface area contributed by atoms with Gasteiger partial charge in [-0.05, 0) is 31.4 Å². The molecule has 1 saturated carbocycles. The Morgan fingerprint density at radius 2 is 2.00 bits per heavy atom. The van der Waals surface area contributed by atoms with Crippen LogP contribution in [0.4, 0.5) is 0 Å². The number of carbonyl (C=O) groups excluding carboxylic acids is 1. The molecule has 2 atom stereocenters. The van der Waals surface area contributed by atoms with Crippen molar-refractivity contribution in [3.8, 4) is 0 Å². The molecule has 15 heavy (non-hydrogen) atoms. The molecule has 2 rings (SSSR count). The summed E-state index contributed by atoms with van der Waals surface area (Å²) in [5, 5.41) is 0. The van der Waals surface area contributed by atoms with E-state index in [0.29, 0.717) is 5.56 Å². The van der Waals surface area contributed by atoms with Crippen LogP contribution in [-0.4, -0.2) is 18.1 Å². The predicted octanol–water partition coefficient (Wildman–Crippen LogP) is 1.72. The fourth-order valence-electron chi connectivity index (χ4n) is 1.87. The fourth-order valence-corrected chi connectivity index (χ4v) is 1.87. The number of hydrogen-bond acceptors (Lipinski definition) is 3. The average Bonchev–Trinajstić information content (AvgIpc) is 2.65. The van der Waals surface area contributed by atoms with Gasteiger partial charge < -0.3 is 10.5 Å². The first-order valence-corrected chi connectivity index (χ1v) is 5.27. The van der Waals surface area contributed by atoms with Crippen molar-refractivity contribution >= 4 is 5.97 Å². The number of ether oxygens (including phenoxy) is 1. The lowest BCUT2D eigenvalue weighted by Crippen LogP contribution is -2.19. The van der Waals surface area contributed by atoms with Crippen molar-refractivity contribution < 1.29 is 9.53 Å². The molecule has 0 heterocycles.